The second-order valence-corrected chi connectivity index (χ2v) is 6.30. The Kier molecular flexibility index (Phi) is 8.20. The predicted molar refractivity (Wildman–Crippen MR) is 92.9 cm³/mol. The van der Waals surface area contributed by atoms with Crippen LogP contribution in [0.5, 0.6) is 0 Å². The van der Waals surface area contributed by atoms with Crippen LogP contribution >= 0.6 is 11.3 Å². The number of thiophene rings is 1. The van der Waals surface area contributed by atoms with Gasteiger partial charge in [0.15, 0.2) is 11.5 Å². The molecular formula is C17H28N2O2S. The van der Waals surface area contributed by atoms with E-state index < -0.39 is 0 Å². The molecule has 1 atom stereocenters. The summed E-state index contributed by atoms with van der Waals surface area (Å²) in [5.41, 5.74) is 0.915. The molecule has 1 aromatic rings. The summed E-state index contributed by atoms with van der Waals surface area (Å²) in [5, 5.41) is 5.18. The third kappa shape index (κ3) is 5.46. The Balaban J connectivity index is 2.95. The highest BCUT2D eigenvalue weighted by atomic mass is 32.1. The van der Waals surface area contributed by atoms with E-state index in [2.05, 4.69) is 41.6 Å². The van der Waals surface area contributed by atoms with Crippen molar-refractivity contribution < 1.29 is 9.53 Å². The molecule has 0 radical (unpaired) electrons. The number of carbonyl (C=O) groups is 1. The molecule has 124 valence electrons. The Morgan fingerprint density at radius 3 is 2.59 bits per heavy atom. The molecule has 1 rings (SSSR count). The first kappa shape index (κ1) is 18.7. The molecule has 1 N–H and O–H groups in total. The van der Waals surface area contributed by atoms with Crippen LogP contribution in [0.2, 0.25) is 0 Å². The first-order chi connectivity index (χ1) is 10.5. The van der Waals surface area contributed by atoms with Crippen LogP contribution in [-0.2, 0) is 16.1 Å². The summed E-state index contributed by atoms with van der Waals surface area (Å²) in [5.74, 6) is 0.470. The topological polar surface area (TPSA) is 41.6 Å². The van der Waals surface area contributed by atoms with Crippen LogP contribution in [0.15, 0.2) is 29.0 Å². The van der Waals surface area contributed by atoms with Gasteiger partial charge in [0.2, 0.25) is 0 Å². The summed E-state index contributed by atoms with van der Waals surface area (Å²) in [4.78, 5) is 15.5. The van der Waals surface area contributed by atoms with E-state index in [0.29, 0.717) is 5.76 Å². The smallest absolute Gasteiger partial charge is 0.196 e. The number of ether oxygens (including phenoxy) is 1. The zero-order valence-electron chi connectivity index (χ0n) is 14.3. The van der Waals surface area contributed by atoms with Crippen LogP contribution in [0.3, 0.4) is 0 Å². The van der Waals surface area contributed by atoms with Crippen LogP contribution in [0.4, 0.5) is 0 Å². The van der Waals surface area contributed by atoms with Gasteiger partial charge in [-0.1, -0.05) is 13.0 Å². The maximum atomic E-state index is 12.0. The van der Waals surface area contributed by atoms with Gasteiger partial charge in [0.1, 0.15) is 6.10 Å². The van der Waals surface area contributed by atoms with E-state index in [9.17, 15) is 4.79 Å². The van der Waals surface area contributed by atoms with Crippen molar-refractivity contribution in [1.82, 2.24) is 10.2 Å². The molecular weight excluding hydrogens is 296 g/mol. The Morgan fingerprint density at radius 1 is 1.41 bits per heavy atom. The SMILES string of the molecule is CCC(CNC)O/C(C(C)=O)=C(/C)N(CC)Cc1cccs1. The van der Waals surface area contributed by atoms with Gasteiger partial charge in [0.25, 0.3) is 0 Å². The van der Waals surface area contributed by atoms with Crippen LogP contribution in [-0.4, -0.2) is 36.9 Å². The van der Waals surface area contributed by atoms with Crippen molar-refractivity contribution in [3.8, 4) is 0 Å². The van der Waals surface area contributed by atoms with Gasteiger partial charge in [0.05, 0.1) is 12.2 Å². The third-order valence-corrected chi connectivity index (χ3v) is 4.46. The van der Waals surface area contributed by atoms with Crippen molar-refractivity contribution in [2.45, 2.75) is 46.8 Å². The number of likely N-dealkylation sites (N-methyl/N-ethyl adjacent to an activating group) is 1. The molecule has 0 saturated heterocycles. The standard InChI is InChI=1S/C17H28N2O2S/c1-6-15(11-18-5)21-17(14(4)20)13(3)19(7-2)12-16-9-8-10-22-16/h8-10,15,18H,6-7,11-12H2,1-5H3/b17-13-. The third-order valence-electron chi connectivity index (χ3n) is 3.60. The second-order valence-electron chi connectivity index (χ2n) is 5.27. The minimum absolute atomic E-state index is 0.0132. The quantitative estimate of drug-likeness (QED) is 0.529. The highest BCUT2D eigenvalue weighted by molar-refractivity contribution is 7.09. The Bertz CT molecular complexity index is 483. The molecule has 0 aliphatic carbocycles. The van der Waals surface area contributed by atoms with Gasteiger partial charge in [-0.25, -0.2) is 0 Å². The zero-order valence-corrected chi connectivity index (χ0v) is 15.1. The van der Waals surface area contributed by atoms with E-state index in [1.54, 1.807) is 18.3 Å². The van der Waals surface area contributed by atoms with Gasteiger partial charge < -0.3 is 15.0 Å². The lowest BCUT2D eigenvalue weighted by Crippen LogP contribution is -2.30. The molecule has 0 bridgehead atoms. The molecule has 22 heavy (non-hydrogen) atoms. The van der Waals surface area contributed by atoms with Crippen molar-refractivity contribution in [3.63, 3.8) is 0 Å². The normalized spacial score (nSPS) is 13.5. The summed E-state index contributed by atoms with van der Waals surface area (Å²) in [6.45, 7) is 10.1. The lowest BCUT2D eigenvalue weighted by Gasteiger charge is -2.27. The van der Waals surface area contributed by atoms with E-state index in [1.807, 2.05) is 14.0 Å². The molecule has 1 unspecified atom stereocenters. The average molecular weight is 324 g/mol. The number of hydrogen-bond donors (Lipinski definition) is 1. The van der Waals surface area contributed by atoms with Gasteiger partial charge in [-0.2, -0.15) is 0 Å². The molecule has 4 nitrogen and oxygen atoms in total. The molecule has 0 aliphatic rings. The summed E-state index contributed by atoms with van der Waals surface area (Å²) in [6.07, 6.45) is 0.876. The van der Waals surface area contributed by atoms with Crippen molar-refractivity contribution in [2.24, 2.45) is 0 Å². The number of carbonyl (C=O) groups excluding carboxylic acids is 1. The number of allylic oxidation sites excluding steroid dienone is 2. The Labute approximate surface area is 138 Å². The largest absolute Gasteiger partial charge is 0.484 e. The summed E-state index contributed by atoms with van der Waals surface area (Å²) in [7, 11) is 1.89. The molecule has 0 fully saturated rings. The minimum Gasteiger partial charge on any atom is -0.484 e. The first-order valence-electron chi connectivity index (χ1n) is 7.83. The fourth-order valence-electron chi connectivity index (χ4n) is 2.29. The minimum atomic E-state index is -0.0170. The monoisotopic (exact) mass is 324 g/mol. The van der Waals surface area contributed by atoms with Crippen molar-refractivity contribution in [2.75, 3.05) is 20.1 Å². The maximum absolute atomic E-state index is 12.0. The van der Waals surface area contributed by atoms with Gasteiger partial charge in [-0.3, -0.25) is 4.79 Å². The molecule has 1 heterocycles. The highest BCUT2D eigenvalue weighted by Gasteiger charge is 2.19. The van der Waals surface area contributed by atoms with Crippen molar-refractivity contribution in [3.05, 3.63) is 33.8 Å². The van der Waals surface area contributed by atoms with Crippen molar-refractivity contribution >= 4 is 17.1 Å². The molecule has 0 aromatic carbocycles. The van der Waals surface area contributed by atoms with Crippen LogP contribution in [0, 0.1) is 0 Å². The molecule has 0 saturated carbocycles. The lowest BCUT2D eigenvalue weighted by molar-refractivity contribution is -0.118. The van der Waals surface area contributed by atoms with E-state index in [4.69, 9.17) is 4.74 Å². The lowest BCUT2D eigenvalue weighted by atomic mass is 10.2. The fourth-order valence-corrected chi connectivity index (χ4v) is 3.01. The van der Waals surface area contributed by atoms with Gasteiger partial charge in [0, 0.05) is 24.9 Å². The number of hydrogen-bond acceptors (Lipinski definition) is 5. The number of nitrogens with zero attached hydrogens (tertiary/aromatic N) is 1. The second kappa shape index (κ2) is 9.64. The molecule has 1 aromatic heterocycles. The highest BCUT2D eigenvalue weighted by Crippen LogP contribution is 2.20. The average Bonchev–Trinajstić information content (AvgIpc) is 3.01. The number of Topliss-reactive ketones (excluding diaryl/α,β-unsaturated/α-hetero) is 1. The Hall–Kier alpha value is -1.33. The first-order valence-corrected chi connectivity index (χ1v) is 8.71. The van der Waals surface area contributed by atoms with E-state index >= 15 is 0 Å². The summed E-state index contributed by atoms with van der Waals surface area (Å²) >= 11 is 1.73. The van der Waals surface area contributed by atoms with Gasteiger partial charge >= 0.3 is 0 Å². The van der Waals surface area contributed by atoms with E-state index in [1.165, 1.54) is 4.88 Å². The van der Waals surface area contributed by atoms with E-state index in [0.717, 1.165) is 31.8 Å². The fraction of sp³-hybridized carbons (Fsp3) is 0.588. The molecule has 0 aliphatic heterocycles. The number of nitrogens with one attached hydrogen (secondary N) is 1. The van der Waals surface area contributed by atoms with E-state index in [-0.39, 0.29) is 11.9 Å². The molecule has 0 amide bonds. The molecule has 0 spiro atoms. The van der Waals surface area contributed by atoms with Crippen molar-refractivity contribution in [1.29, 1.82) is 0 Å². The van der Waals surface area contributed by atoms with Gasteiger partial charge in [-0.15, -0.1) is 11.3 Å². The molecule has 5 heteroatoms. The number of rotatable bonds is 10. The zero-order chi connectivity index (χ0) is 16.5. The summed E-state index contributed by atoms with van der Waals surface area (Å²) < 4.78 is 5.99. The summed E-state index contributed by atoms with van der Waals surface area (Å²) in [6, 6.07) is 4.17. The predicted octanol–water partition coefficient (Wildman–Crippen LogP) is 3.41. The Morgan fingerprint density at radius 2 is 2.14 bits per heavy atom. The number of ketones is 1. The van der Waals surface area contributed by atoms with Crippen LogP contribution in [0.25, 0.3) is 0 Å². The van der Waals surface area contributed by atoms with Gasteiger partial charge in [-0.05, 0) is 38.8 Å². The van der Waals surface area contributed by atoms with Crippen LogP contribution in [0.1, 0.15) is 39.0 Å². The maximum Gasteiger partial charge on any atom is 0.196 e. The van der Waals surface area contributed by atoms with Crippen LogP contribution < -0.4 is 5.32 Å².